The van der Waals surface area contributed by atoms with Crippen LogP contribution < -0.4 is 10.6 Å². The zero-order valence-corrected chi connectivity index (χ0v) is 19.2. The standard InChI is InChI=1S/C17H24FNO.C7H15NO/c1-4-6-17(7-5-2)11-15(17)19-16(20)13-8-12(3)9-14(18)10-13;1-5-6(9)8-7(2,3)4/h8-10,15H,4-7,11H2,1-3H3,(H,19,20);5H2,1-4H3,(H,8,9). The monoisotopic (exact) mass is 406 g/mol. The van der Waals surface area contributed by atoms with Gasteiger partial charge in [-0.3, -0.25) is 9.59 Å². The molecule has 2 N–H and O–H groups in total. The van der Waals surface area contributed by atoms with E-state index in [1.54, 1.807) is 13.0 Å². The fourth-order valence-corrected chi connectivity index (χ4v) is 3.84. The summed E-state index contributed by atoms with van der Waals surface area (Å²) < 4.78 is 13.4. The first-order valence-corrected chi connectivity index (χ1v) is 10.9. The number of rotatable bonds is 7. The Balaban J connectivity index is 0.000000396. The molecule has 1 unspecified atom stereocenters. The third-order valence-electron chi connectivity index (χ3n) is 5.13. The van der Waals surface area contributed by atoms with E-state index in [4.69, 9.17) is 0 Å². The van der Waals surface area contributed by atoms with E-state index in [9.17, 15) is 14.0 Å². The molecular weight excluding hydrogens is 367 g/mol. The van der Waals surface area contributed by atoms with Crippen molar-refractivity contribution < 1.29 is 14.0 Å². The molecule has 0 heterocycles. The van der Waals surface area contributed by atoms with Crippen molar-refractivity contribution in [1.29, 1.82) is 0 Å². The Morgan fingerprint density at radius 2 is 1.69 bits per heavy atom. The first-order chi connectivity index (χ1) is 13.5. The number of hydrogen-bond acceptors (Lipinski definition) is 2. The number of benzene rings is 1. The fourth-order valence-electron chi connectivity index (χ4n) is 3.84. The number of aryl methyl sites for hydroxylation is 1. The smallest absolute Gasteiger partial charge is 0.251 e. The minimum atomic E-state index is -0.348. The quantitative estimate of drug-likeness (QED) is 0.625. The van der Waals surface area contributed by atoms with E-state index in [1.165, 1.54) is 12.1 Å². The van der Waals surface area contributed by atoms with Crippen LogP contribution in [0.5, 0.6) is 0 Å². The zero-order valence-electron chi connectivity index (χ0n) is 19.2. The second-order valence-corrected chi connectivity index (χ2v) is 9.26. The molecule has 1 fully saturated rings. The summed E-state index contributed by atoms with van der Waals surface area (Å²) >= 11 is 0. The highest BCUT2D eigenvalue weighted by atomic mass is 19.1. The lowest BCUT2D eigenvalue weighted by Gasteiger charge is -2.19. The molecule has 0 aromatic heterocycles. The number of carbonyl (C=O) groups excluding carboxylic acids is 2. The van der Waals surface area contributed by atoms with E-state index < -0.39 is 0 Å². The van der Waals surface area contributed by atoms with Crippen LogP contribution in [0.1, 0.15) is 96.0 Å². The maximum absolute atomic E-state index is 13.4. The van der Waals surface area contributed by atoms with Gasteiger partial charge in [0.1, 0.15) is 5.82 Å². The molecule has 164 valence electrons. The van der Waals surface area contributed by atoms with Gasteiger partial charge in [-0.2, -0.15) is 0 Å². The minimum Gasteiger partial charge on any atom is -0.352 e. The fraction of sp³-hybridized carbons (Fsp3) is 0.667. The van der Waals surface area contributed by atoms with Crippen molar-refractivity contribution in [2.24, 2.45) is 5.41 Å². The van der Waals surface area contributed by atoms with Gasteiger partial charge in [-0.15, -0.1) is 0 Å². The summed E-state index contributed by atoms with van der Waals surface area (Å²) in [6.45, 7) is 13.9. The van der Waals surface area contributed by atoms with Gasteiger partial charge in [0.15, 0.2) is 0 Å². The molecule has 1 aromatic carbocycles. The molecule has 1 aliphatic rings. The van der Waals surface area contributed by atoms with Crippen molar-refractivity contribution in [3.8, 4) is 0 Å². The molecule has 0 bridgehead atoms. The molecule has 0 aliphatic heterocycles. The van der Waals surface area contributed by atoms with Gasteiger partial charge in [0.05, 0.1) is 0 Å². The SMILES string of the molecule is CCC(=O)NC(C)(C)C.CCCC1(CCC)CC1NC(=O)c1cc(C)cc(F)c1. The van der Waals surface area contributed by atoms with Gasteiger partial charge in [-0.25, -0.2) is 4.39 Å². The molecule has 0 radical (unpaired) electrons. The van der Waals surface area contributed by atoms with Gasteiger partial charge in [0, 0.05) is 23.6 Å². The normalized spacial score (nSPS) is 17.0. The molecule has 2 rings (SSSR count). The second kappa shape index (κ2) is 10.7. The second-order valence-electron chi connectivity index (χ2n) is 9.26. The highest BCUT2D eigenvalue weighted by Gasteiger charge is 2.52. The van der Waals surface area contributed by atoms with Crippen LogP contribution in [-0.2, 0) is 4.79 Å². The summed E-state index contributed by atoms with van der Waals surface area (Å²) in [5.41, 5.74) is 1.42. The highest BCUT2D eigenvalue weighted by Crippen LogP contribution is 2.53. The van der Waals surface area contributed by atoms with Gasteiger partial charge in [0.25, 0.3) is 5.91 Å². The third-order valence-corrected chi connectivity index (χ3v) is 5.13. The van der Waals surface area contributed by atoms with E-state index >= 15 is 0 Å². The maximum atomic E-state index is 13.4. The highest BCUT2D eigenvalue weighted by molar-refractivity contribution is 5.94. The van der Waals surface area contributed by atoms with E-state index in [2.05, 4.69) is 24.5 Å². The molecule has 0 spiro atoms. The molecular formula is C24H39FN2O2. The van der Waals surface area contributed by atoms with Crippen LogP contribution in [0.25, 0.3) is 0 Å². The van der Waals surface area contributed by atoms with Crippen LogP contribution in [0, 0.1) is 18.2 Å². The van der Waals surface area contributed by atoms with Gasteiger partial charge in [0.2, 0.25) is 5.91 Å². The molecule has 0 saturated heterocycles. The molecule has 1 atom stereocenters. The van der Waals surface area contributed by atoms with Crippen LogP contribution in [-0.4, -0.2) is 23.4 Å². The van der Waals surface area contributed by atoms with Crippen molar-refractivity contribution in [1.82, 2.24) is 10.6 Å². The molecule has 1 aromatic rings. The molecule has 2 amide bonds. The first-order valence-electron chi connectivity index (χ1n) is 10.9. The predicted octanol–water partition coefficient (Wildman–Crippen LogP) is 5.53. The Morgan fingerprint density at radius 3 is 2.10 bits per heavy atom. The van der Waals surface area contributed by atoms with Crippen molar-refractivity contribution in [3.63, 3.8) is 0 Å². The summed E-state index contributed by atoms with van der Waals surface area (Å²) in [5.74, 6) is -0.381. The number of carbonyl (C=O) groups is 2. The average molecular weight is 407 g/mol. The van der Waals surface area contributed by atoms with Crippen molar-refractivity contribution in [3.05, 3.63) is 35.1 Å². The maximum Gasteiger partial charge on any atom is 0.251 e. The van der Waals surface area contributed by atoms with Crippen LogP contribution >= 0.6 is 0 Å². The summed E-state index contributed by atoms with van der Waals surface area (Å²) in [5, 5.41) is 5.91. The predicted molar refractivity (Wildman–Crippen MR) is 117 cm³/mol. The van der Waals surface area contributed by atoms with Crippen LogP contribution in [0.3, 0.4) is 0 Å². The molecule has 1 saturated carbocycles. The van der Waals surface area contributed by atoms with E-state index in [-0.39, 0.29) is 29.2 Å². The van der Waals surface area contributed by atoms with Gasteiger partial charge >= 0.3 is 0 Å². The lowest BCUT2D eigenvalue weighted by atomic mass is 9.94. The average Bonchev–Trinajstić information content (AvgIpc) is 3.25. The van der Waals surface area contributed by atoms with Gasteiger partial charge in [-0.1, -0.05) is 33.6 Å². The molecule has 5 heteroatoms. The number of amides is 2. The lowest BCUT2D eigenvalue weighted by Crippen LogP contribution is -2.40. The Kier molecular flexibility index (Phi) is 9.31. The van der Waals surface area contributed by atoms with Gasteiger partial charge < -0.3 is 10.6 Å². The van der Waals surface area contributed by atoms with E-state index in [1.807, 2.05) is 27.7 Å². The lowest BCUT2D eigenvalue weighted by molar-refractivity contribution is -0.122. The Bertz CT molecular complexity index is 668. The Hall–Kier alpha value is -1.91. The molecule has 4 nitrogen and oxygen atoms in total. The van der Waals surface area contributed by atoms with E-state index in [0.717, 1.165) is 37.7 Å². The first kappa shape index (κ1) is 25.1. The van der Waals surface area contributed by atoms with Gasteiger partial charge in [-0.05, 0) is 76.1 Å². The van der Waals surface area contributed by atoms with Crippen LogP contribution in [0.2, 0.25) is 0 Å². The van der Waals surface area contributed by atoms with Crippen LogP contribution in [0.4, 0.5) is 4.39 Å². The largest absolute Gasteiger partial charge is 0.352 e. The molecule has 1 aliphatic carbocycles. The summed E-state index contributed by atoms with van der Waals surface area (Å²) in [6.07, 6.45) is 6.24. The molecule has 29 heavy (non-hydrogen) atoms. The summed E-state index contributed by atoms with van der Waals surface area (Å²) in [4.78, 5) is 22.9. The Labute approximate surface area is 176 Å². The van der Waals surface area contributed by atoms with Crippen molar-refractivity contribution >= 4 is 11.8 Å². The number of hydrogen-bond donors (Lipinski definition) is 2. The minimum absolute atomic E-state index is 0.0763. The van der Waals surface area contributed by atoms with Crippen molar-refractivity contribution in [2.75, 3.05) is 0 Å². The third kappa shape index (κ3) is 8.55. The number of nitrogens with one attached hydrogen (secondary N) is 2. The van der Waals surface area contributed by atoms with Crippen molar-refractivity contribution in [2.45, 2.75) is 98.6 Å². The Morgan fingerprint density at radius 1 is 1.10 bits per heavy atom. The topological polar surface area (TPSA) is 58.2 Å². The van der Waals surface area contributed by atoms with E-state index in [0.29, 0.717) is 17.4 Å². The summed E-state index contributed by atoms with van der Waals surface area (Å²) in [7, 11) is 0. The zero-order chi connectivity index (χ0) is 22.2. The number of halogens is 1. The summed E-state index contributed by atoms with van der Waals surface area (Å²) in [6, 6.07) is 4.75. The van der Waals surface area contributed by atoms with Crippen LogP contribution in [0.15, 0.2) is 18.2 Å².